The van der Waals surface area contributed by atoms with Gasteiger partial charge in [0.2, 0.25) is 0 Å². The van der Waals surface area contributed by atoms with Crippen molar-refractivity contribution in [2.75, 3.05) is 26.2 Å². The summed E-state index contributed by atoms with van der Waals surface area (Å²) in [6.45, 7) is 2.31. The maximum absolute atomic E-state index is 8.88. The molecule has 0 saturated carbocycles. The summed E-state index contributed by atoms with van der Waals surface area (Å²) in [7, 11) is 0. The zero-order chi connectivity index (χ0) is 12.1. The molecule has 4 nitrogen and oxygen atoms in total. The van der Waals surface area contributed by atoms with Crippen molar-refractivity contribution >= 4 is 23.5 Å². The van der Waals surface area contributed by atoms with Crippen molar-refractivity contribution in [3.8, 4) is 0 Å². The van der Waals surface area contributed by atoms with Gasteiger partial charge < -0.3 is 10.0 Å². The third-order valence-electron chi connectivity index (χ3n) is 2.59. The Labute approximate surface area is 106 Å². The second kappa shape index (κ2) is 5.75. The summed E-state index contributed by atoms with van der Waals surface area (Å²) in [5.41, 5.74) is 1.05. The molecule has 2 rings (SSSR count). The first-order valence-corrected chi connectivity index (χ1v) is 5.98. The van der Waals surface area contributed by atoms with Gasteiger partial charge in [-0.25, -0.2) is 5.01 Å². The van der Waals surface area contributed by atoms with E-state index in [-0.39, 0.29) is 6.61 Å². The smallest absolute Gasteiger partial charge is 0.192 e. The summed E-state index contributed by atoms with van der Waals surface area (Å²) in [5, 5.41) is 15.7. The van der Waals surface area contributed by atoms with Crippen molar-refractivity contribution in [1.82, 2.24) is 9.91 Å². The second-order valence-electron chi connectivity index (χ2n) is 3.77. The van der Waals surface area contributed by atoms with E-state index in [0.717, 1.165) is 18.7 Å². The molecule has 17 heavy (non-hydrogen) atoms. The molecule has 0 bridgehead atoms. The first kappa shape index (κ1) is 12.0. The van der Waals surface area contributed by atoms with E-state index < -0.39 is 0 Å². The van der Waals surface area contributed by atoms with Gasteiger partial charge in [-0.1, -0.05) is 30.3 Å². The summed E-state index contributed by atoms with van der Waals surface area (Å²) < 4.78 is 0. The molecule has 0 aromatic heterocycles. The molecular weight excluding hydrogens is 234 g/mol. The largest absolute Gasteiger partial charge is 0.395 e. The maximum Gasteiger partial charge on any atom is 0.192 e. The Kier molecular flexibility index (Phi) is 4.06. The summed E-state index contributed by atoms with van der Waals surface area (Å²) in [4.78, 5) is 1.96. The van der Waals surface area contributed by atoms with Crippen LogP contribution < -0.4 is 0 Å². The Morgan fingerprint density at radius 3 is 2.76 bits per heavy atom. The Bertz CT molecular complexity index is 407. The number of nitrogens with zero attached hydrogens (tertiary/aromatic N) is 3. The Morgan fingerprint density at radius 2 is 2.06 bits per heavy atom. The quantitative estimate of drug-likeness (QED) is 0.636. The van der Waals surface area contributed by atoms with Crippen molar-refractivity contribution < 1.29 is 5.11 Å². The minimum Gasteiger partial charge on any atom is -0.395 e. The zero-order valence-corrected chi connectivity index (χ0v) is 10.3. The maximum atomic E-state index is 8.88. The molecule has 0 atom stereocenters. The van der Waals surface area contributed by atoms with Gasteiger partial charge in [-0.15, -0.1) is 0 Å². The third kappa shape index (κ3) is 3.01. The highest BCUT2D eigenvalue weighted by Gasteiger charge is 2.23. The highest BCUT2D eigenvalue weighted by molar-refractivity contribution is 7.80. The average molecular weight is 249 g/mol. The van der Waals surface area contributed by atoms with Crippen LogP contribution in [0.2, 0.25) is 0 Å². The molecule has 90 valence electrons. The van der Waals surface area contributed by atoms with Gasteiger partial charge in [-0.05, 0) is 17.8 Å². The van der Waals surface area contributed by atoms with Crippen LogP contribution in [0.3, 0.4) is 0 Å². The van der Waals surface area contributed by atoms with E-state index in [0.29, 0.717) is 11.7 Å². The summed E-state index contributed by atoms with van der Waals surface area (Å²) >= 11 is 5.27. The van der Waals surface area contributed by atoms with Crippen molar-refractivity contribution in [1.29, 1.82) is 0 Å². The molecule has 1 aliphatic heterocycles. The second-order valence-corrected chi connectivity index (χ2v) is 4.14. The van der Waals surface area contributed by atoms with Gasteiger partial charge in [-0.3, -0.25) is 0 Å². The molecule has 1 N–H and O–H groups in total. The van der Waals surface area contributed by atoms with Crippen LogP contribution in [0.1, 0.15) is 5.56 Å². The van der Waals surface area contributed by atoms with E-state index in [4.69, 9.17) is 17.3 Å². The van der Waals surface area contributed by atoms with Gasteiger partial charge in [0.1, 0.15) is 0 Å². The number of aliphatic hydroxyl groups is 1. The Morgan fingerprint density at radius 1 is 1.29 bits per heavy atom. The molecule has 0 aliphatic carbocycles. The van der Waals surface area contributed by atoms with E-state index in [1.165, 1.54) is 0 Å². The van der Waals surface area contributed by atoms with Crippen LogP contribution in [-0.4, -0.2) is 52.6 Å². The minimum absolute atomic E-state index is 0.121. The van der Waals surface area contributed by atoms with Crippen molar-refractivity contribution in [3.63, 3.8) is 0 Å². The molecule has 0 unspecified atom stereocenters. The normalized spacial score (nSPS) is 16.2. The van der Waals surface area contributed by atoms with E-state index >= 15 is 0 Å². The number of hydrogen-bond acceptors (Lipinski definition) is 3. The van der Waals surface area contributed by atoms with Crippen LogP contribution in [0.4, 0.5) is 0 Å². The first-order chi connectivity index (χ1) is 8.31. The van der Waals surface area contributed by atoms with Gasteiger partial charge in [0.15, 0.2) is 5.11 Å². The molecule has 1 aromatic rings. The molecular formula is C12H15N3OS. The lowest BCUT2D eigenvalue weighted by atomic mass is 10.2. The molecule has 0 radical (unpaired) electrons. The third-order valence-corrected chi connectivity index (χ3v) is 3.06. The average Bonchev–Trinajstić information content (AvgIpc) is 2.70. The summed E-state index contributed by atoms with van der Waals surface area (Å²) in [6, 6.07) is 9.91. The van der Waals surface area contributed by atoms with E-state index in [2.05, 4.69) is 5.10 Å². The fourth-order valence-corrected chi connectivity index (χ4v) is 2.00. The number of hydrazone groups is 1. The summed E-state index contributed by atoms with van der Waals surface area (Å²) in [5.74, 6) is 0. The molecule has 5 heteroatoms. The lowest BCUT2D eigenvalue weighted by Crippen LogP contribution is -2.31. The standard InChI is InChI=1S/C12H15N3OS/c16-9-8-14-6-7-15(12(14)17)13-10-11-4-2-1-3-5-11/h1-5,10,16H,6-9H2. The number of thiocarbonyl (C=S) groups is 1. The van der Waals surface area contributed by atoms with Crippen LogP contribution in [0, 0.1) is 0 Å². The lowest BCUT2D eigenvalue weighted by Gasteiger charge is -2.17. The monoisotopic (exact) mass is 249 g/mol. The molecule has 1 aromatic carbocycles. The number of hydrogen-bond donors (Lipinski definition) is 1. The lowest BCUT2D eigenvalue weighted by molar-refractivity contribution is 0.258. The number of β-amino-alcohol motifs (C(OH)–C–C–N with tert-alkyl or cyclic N) is 1. The Hall–Kier alpha value is -1.46. The van der Waals surface area contributed by atoms with Crippen LogP contribution in [0.15, 0.2) is 35.4 Å². The van der Waals surface area contributed by atoms with Gasteiger partial charge >= 0.3 is 0 Å². The highest BCUT2D eigenvalue weighted by Crippen LogP contribution is 2.09. The SMILES string of the molecule is OCCN1CCN(N=Cc2ccccc2)C1=S. The molecule has 0 amide bonds. The van der Waals surface area contributed by atoms with Crippen molar-refractivity contribution in [2.45, 2.75) is 0 Å². The fourth-order valence-electron chi connectivity index (χ4n) is 1.68. The van der Waals surface area contributed by atoms with Gasteiger partial charge in [0.05, 0.1) is 19.4 Å². The number of benzene rings is 1. The predicted octanol–water partition coefficient (Wildman–Crippen LogP) is 0.915. The molecule has 1 aliphatic rings. The van der Waals surface area contributed by atoms with E-state index in [1.54, 1.807) is 11.2 Å². The fraction of sp³-hybridized carbons (Fsp3) is 0.333. The molecule has 1 saturated heterocycles. The highest BCUT2D eigenvalue weighted by atomic mass is 32.1. The number of aliphatic hydroxyl groups excluding tert-OH is 1. The summed E-state index contributed by atoms with van der Waals surface area (Å²) in [6.07, 6.45) is 1.80. The Balaban J connectivity index is 1.97. The van der Waals surface area contributed by atoms with Crippen molar-refractivity contribution in [3.05, 3.63) is 35.9 Å². The van der Waals surface area contributed by atoms with Crippen LogP contribution in [-0.2, 0) is 0 Å². The van der Waals surface area contributed by atoms with E-state index in [1.807, 2.05) is 35.2 Å². The van der Waals surface area contributed by atoms with Gasteiger partial charge in [-0.2, -0.15) is 5.10 Å². The van der Waals surface area contributed by atoms with Gasteiger partial charge in [0.25, 0.3) is 0 Å². The van der Waals surface area contributed by atoms with Crippen LogP contribution in [0.25, 0.3) is 0 Å². The minimum atomic E-state index is 0.121. The molecule has 1 fully saturated rings. The van der Waals surface area contributed by atoms with Gasteiger partial charge in [0, 0.05) is 13.1 Å². The number of rotatable bonds is 4. The van der Waals surface area contributed by atoms with Crippen LogP contribution in [0.5, 0.6) is 0 Å². The topological polar surface area (TPSA) is 39.1 Å². The van der Waals surface area contributed by atoms with Crippen molar-refractivity contribution in [2.24, 2.45) is 5.10 Å². The van der Waals surface area contributed by atoms with Crippen LogP contribution >= 0.6 is 12.2 Å². The van der Waals surface area contributed by atoms with E-state index in [9.17, 15) is 0 Å². The molecule has 0 spiro atoms. The first-order valence-electron chi connectivity index (χ1n) is 5.57. The zero-order valence-electron chi connectivity index (χ0n) is 9.49. The molecule has 1 heterocycles. The predicted molar refractivity (Wildman–Crippen MR) is 72.0 cm³/mol.